The van der Waals surface area contributed by atoms with E-state index in [1.165, 1.54) is 5.57 Å². The highest BCUT2D eigenvalue weighted by Gasteiger charge is 2.14. The number of nitrogens with two attached hydrogens (primary N) is 1. The minimum Gasteiger partial charge on any atom is -0.384 e. The standard InChI is InChI=1S/C14H12N4/c15-7-11-5-10-8-17-13(16)6-12(10)14(18-11)9-3-1-2-4-9/h3,5-6,8H,1-2,4H2,(H2,16,17). The summed E-state index contributed by atoms with van der Waals surface area (Å²) in [5.74, 6) is 0.480. The van der Waals surface area contributed by atoms with Gasteiger partial charge in [0.1, 0.15) is 17.6 Å². The molecule has 2 aromatic rings. The van der Waals surface area contributed by atoms with Gasteiger partial charge in [0.15, 0.2) is 0 Å². The van der Waals surface area contributed by atoms with Gasteiger partial charge in [-0.15, -0.1) is 0 Å². The third-order valence-corrected chi connectivity index (χ3v) is 3.20. The lowest BCUT2D eigenvalue weighted by Crippen LogP contribution is -1.96. The number of allylic oxidation sites excluding steroid dienone is 2. The number of pyridine rings is 2. The number of nitrogens with zero attached hydrogens (tertiary/aromatic N) is 3. The molecule has 18 heavy (non-hydrogen) atoms. The van der Waals surface area contributed by atoms with Crippen molar-refractivity contribution >= 4 is 22.2 Å². The molecule has 3 rings (SSSR count). The molecule has 0 saturated heterocycles. The molecule has 0 amide bonds. The topological polar surface area (TPSA) is 75.6 Å². The first-order valence-electron chi connectivity index (χ1n) is 5.94. The van der Waals surface area contributed by atoms with Crippen molar-refractivity contribution in [3.63, 3.8) is 0 Å². The van der Waals surface area contributed by atoms with Crippen molar-refractivity contribution in [2.45, 2.75) is 19.3 Å². The van der Waals surface area contributed by atoms with Gasteiger partial charge >= 0.3 is 0 Å². The van der Waals surface area contributed by atoms with Gasteiger partial charge in [0, 0.05) is 17.0 Å². The maximum Gasteiger partial charge on any atom is 0.141 e. The molecule has 0 fully saturated rings. The molecule has 2 N–H and O–H groups in total. The Hall–Kier alpha value is -2.41. The van der Waals surface area contributed by atoms with Crippen LogP contribution in [0, 0.1) is 11.3 Å². The van der Waals surface area contributed by atoms with Gasteiger partial charge in [-0.1, -0.05) is 6.08 Å². The van der Waals surface area contributed by atoms with E-state index in [0.29, 0.717) is 11.5 Å². The Labute approximate surface area is 105 Å². The summed E-state index contributed by atoms with van der Waals surface area (Å²) in [6, 6.07) is 5.68. The number of fused-ring (bicyclic) bond motifs is 1. The van der Waals surface area contributed by atoms with E-state index in [2.05, 4.69) is 22.1 Å². The molecule has 0 atom stereocenters. The van der Waals surface area contributed by atoms with E-state index in [-0.39, 0.29) is 0 Å². The second-order valence-corrected chi connectivity index (χ2v) is 4.42. The first kappa shape index (κ1) is 10.7. The van der Waals surface area contributed by atoms with Crippen molar-refractivity contribution < 1.29 is 0 Å². The van der Waals surface area contributed by atoms with E-state index in [0.717, 1.165) is 35.7 Å². The molecule has 0 spiro atoms. The summed E-state index contributed by atoms with van der Waals surface area (Å²) in [4.78, 5) is 8.50. The molecule has 0 bridgehead atoms. The van der Waals surface area contributed by atoms with Gasteiger partial charge in [0.25, 0.3) is 0 Å². The lowest BCUT2D eigenvalue weighted by atomic mass is 10.0. The summed E-state index contributed by atoms with van der Waals surface area (Å²) >= 11 is 0. The van der Waals surface area contributed by atoms with Crippen LogP contribution in [0.2, 0.25) is 0 Å². The minimum atomic E-state index is 0.428. The Kier molecular flexibility index (Phi) is 2.45. The van der Waals surface area contributed by atoms with Crippen LogP contribution >= 0.6 is 0 Å². The molecule has 0 aromatic carbocycles. The largest absolute Gasteiger partial charge is 0.384 e. The minimum absolute atomic E-state index is 0.428. The van der Waals surface area contributed by atoms with Crippen molar-refractivity contribution in [1.82, 2.24) is 9.97 Å². The number of rotatable bonds is 1. The van der Waals surface area contributed by atoms with E-state index < -0.39 is 0 Å². The Morgan fingerprint density at radius 1 is 1.33 bits per heavy atom. The zero-order valence-electron chi connectivity index (χ0n) is 9.85. The molecule has 0 radical (unpaired) electrons. The lowest BCUT2D eigenvalue weighted by Gasteiger charge is -2.08. The third-order valence-electron chi connectivity index (χ3n) is 3.20. The van der Waals surface area contributed by atoms with Gasteiger partial charge in [-0.05, 0) is 37.0 Å². The molecular formula is C14H12N4. The third kappa shape index (κ3) is 1.70. The molecule has 0 saturated carbocycles. The molecule has 2 heterocycles. The highest BCUT2D eigenvalue weighted by molar-refractivity contribution is 5.93. The number of nitriles is 1. The van der Waals surface area contributed by atoms with E-state index in [1.54, 1.807) is 12.3 Å². The molecule has 88 valence electrons. The highest BCUT2D eigenvalue weighted by Crippen LogP contribution is 2.32. The quantitative estimate of drug-likeness (QED) is 0.825. The summed E-state index contributed by atoms with van der Waals surface area (Å²) in [7, 11) is 0. The van der Waals surface area contributed by atoms with Gasteiger partial charge in [0.2, 0.25) is 0 Å². The first-order valence-corrected chi connectivity index (χ1v) is 5.94. The van der Waals surface area contributed by atoms with Crippen molar-refractivity contribution in [1.29, 1.82) is 5.26 Å². The highest BCUT2D eigenvalue weighted by atomic mass is 14.8. The van der Waals surface area contributed by atoms with Crippen LogP contribution in [0.1, 0.15) is 30.7 Å². The van der Waals surface area contributed by atoms with Crippen molar-refractivity contribution in [2.75, 3.05) is 5.73 Å². The fraction of sp³-hybridized carbons (Fsp3) is 0.214. The predicted octanol–water partition coefficient (Wildman–Crippen LogP) is 2.65. The zero-order chi connectivity index (χ0) is 12.5. The van der Waals surface area contributed by atoms with E-state index in [1.807, 2.05) is 6.07 Å². The van der Waals surface area contributed by atoms with Gasteiger partial charge in [-0.2, -0.15) is 5.26 Å². The SMILES string of the molecule is N#Cc1cc2cnc(N)cc2c(C2=CCCC2)n1. The molecule has 1 aliphatic rings. The van der Waals surface area contributed by atoms with E-state index >= 15 is 0 Å². The van der Waals surface area contributed by atoms with Gasteiger partial charge in [-0.25, -0.2) is 9.97 Å². The Bertz CT molecular complexity index is 695. The average molecular weight is 236 g/mol. The van der Waals surface area contributed by atoms with Crippen molar-refractivity contribution in [3.8, 4) is 6.07 Å². The number of hydrogen-bond donors (Lipinski definition) is 1. The van der Waals surface area contributed by atoms with Crippen LogP contribution in [-0.2, 0) is 0 Å². The molecule has 0 aliphatic heterocycles. The van der Waals surface area contributed by atoms with Crippen LogP contribution < -0.4 is 5.73 Å². The van der Waals surface area contributed by atoms with Crippen LogP contribution in [0.3, 0.4) is 0 Å². The summed E-state index contributed by atoms with van der Waals surface area (Å²) in [5.41, 5.74) is 8.26. The Morgan fingerprint density at radius 2 is 2.22 bits per heavy atom. The van der Waals surface area contributed by atoms with Crippen LogP contribution in [0.4, 0.5) is 5.82 Å². The van der Waals surface area contributed by atoms with Gasteiger partial charge in [-0.3, -0.25) is 0 Å². The number of hydrogen-bond acceptors (Lipinski definition) is 4. The fourth-order valence-corrected chi connectivity index (χ4v) is 2.35. The molecular weight excluding hydrogens is 224 g/mol. The summed E-state index contributed by atoms with van der Waals surface area (Å²) in [5, 5.41) is 10.9. The zero-order valence-corrected chi connectivity index (χ0v) is 9.85. The molecule has 0 unspecified atom stereocenters. The Morgan fingerprint density at radius 3 is 2.94 bits per heavy atom. The van der Waals surface area contributed by atoms with Crippen LogP contribution in [0.15, 0.2) is 24.4 Å². The number of anilines is 1. The fourth-order valence-electron chi connectivity index (χ4n) is 2.35. The Balaban J connectivity index is 2.33. The smallest absolute Gasteiger partial charge is 0.141 e. The first-order chi connectivity index (χ1) is 8.78. The molecule has 4 nitrogen and oxygen atoms in total. The van der Waals surface area contributed by atoms with Crippen LogP contribution in [-0.4, -0.2) is 9.97 Å². The lowest BCUT2D eigenvalue weighted by molar-refractivity contribution is 0.933. The van der Waals surface area contributed by atoms with Crippen LogP contribution in [0.5, 0.6) is 0 Å². The van der Waals surface area contributed by atoms with Crippen molar-refractivity contribution in [3.05, 3.63) is 35.8 Å². The average Bonchev–Trinajstić information content (AvgIpc) is 2.91. The maximum atomic E-state index is 9.04. The maximum absolute atomic E-state index is 9.04. The second kappa shape index (κ2) is 4.11. The monoisotopic (exact) mass is 236 g/mol. The molecule has 2 aromatic heterocycles. The van der Waals surface area contributed by atoms with Crippen molar-refractivity contribution in [2.24, 2.45) is 0 Å². The number of nitrogen functional groups attached to an aromatic ring is 1. The normalized spacial score (nSPS) is 14.5. The van der Waals surface area contributed by atoms with E-state index in [9.17, 15) is 0 Å². The van der Waals surface area contributed by atoms with Crippen LogP contribution in [0.25, 0.3) is 16.3 Å². The number of aromatic nitrogens is 2. The second-order valence-electron chi connectivity index (χ2n) is 4.42. The summed E-state index contributed by atoms with van der Waals surface area (Å²) in [6.45, 7) is 0. The summed E-state index contributed by atoms with van der Waals surface area (Å²) in [6.07, 6.45) is 7.14. The molecule has 1 aliphatic carbocycles. The predicted molar refractivity (Wildman–Crippen MR) is 70.5 cm³/mol. The van der Waals surface area contributed by atoms with Gasteiger partial charge < -0.3 is 5.73 Å². The van der Waals surface area contributed by atoms with Gasteiger partial charge in [0.05, 0.1) is 5.69 Å². The summed E-state index contributed by atoms with van der Waals surface area (Å²) < 4.78 is 0. The molecule has 4 heteroatoms. The van der Waals surface area contributed by atoms with E-state index in [4.69, 9.17) is 11.0 Å².